The number of hydrogen-bond donors (Lipinski definition) is 1. The van der Waals surface area contributed by atoms with Crippen LogP contribution in [0.4, 0.5) is 5.69 Å². The predicted molar refractivity (Wildman–Crippen MR) is 107 cm³/mol. The van der Waals surface area contributed by atoms with E-state index in [-0.39, 0.29) is 11.5 Å². The van der Waals surface area contributed by atoms with Crippen LogP contribution in [0.25, 0.3) is 10.6 Å². The second-order valence-electron chi connectivity index (χ2n) is 5.92. The highest BCUT2D eigenvalue weighted by Crippen LogP contribution is 2.45. The summed E-state index contributed by atoms with van der Waals surface area (Å²) in [6.07, 6.45) is 0. The van der Waals surface area contributed by atoms with Crippen LogP contribution in [0.15, 0.2) is 39.1 Å². The van der Waals surface area contributed by atoms with Gasteiger partial charge in [0.2, 0.25) is 0 Å². The maximum absolute atomic E-state index is 13.1. The second-order valence-corrected chi connectivity index (χ2v) is 7.95. The zero-order valence-corrected chi connectivity index (χ0v) is 16.3. The average Bonchev–Trinajstić information content (AvgIpc) is 3.27. The Hall–Kier alpha value is -2.32. The first-order chi connectivity index (χ1) is 12.6. The van der Waals surface area contributed by atoms with Gasteiger partial charge in [-0.3, -0.25) is 14.2 Å². The van der Waals surface area contributed by atoms with Crippen molar-refractivity contribution in [1.82, 2.24) is 9.99 Å². The van der Waals surface area contributed by atoms with E-state index in [1.165, 1.54) is 11.3 Å². The Kier molecular flexibility index (Phi) is 4.24. The summed E-state index contributed by atoms with van der Waals surface area (Å²) in [5, 5.41) is 4.94. The first-order valence-corrected chi connectivity index (χ1v) is 10.1. The minimum atomic E-state index is -0.253. The van der Waals surface area contributed by atoms with Gasteiger partial charge in [-0.05, 0) is 32.9 Å². The number of hydrazone groups is 1. The summed E-state index contributed by atoms with van der Waals surface area (Å²) in [6, 6.07) is 8.15. The first kappa shape index (κ1) is 17.1. The zero-order valence-electron chi connectivity index (χ0n) is 14.7. The summed E-state index contributed by atoms with van der Waals surface area (Å²) in [6.45, 7) is 7.05. The number of para-hydroxylation sites is 1. The number of carbonyl (C=O) groups excluding carboxylic acids is 1. The Labute approximate surface area is 158 Å². The van der Waals surface area contributed by atoms with Crippen LogP contribution >= 0.6 is 23.1 Å². The molecule has 0 spiro atoms. The molecule has 1 aromatic heterocycles. The maximum Gasteiger partial charge on any atom is 0.276 e. The van der Waals surface area contributed by atoms with E-state index in [2.05, 4.69) is 34.5 Å². The van der Waals surface area contributed by atoms with Crippen molar-refractivity contribution in [2.75, 3.05) is 11.4 Å². The van der Waals surface area contributed by atoms with E-state index in [1.54, 1.807) is 23.3 Å². The van der Waals surface area contributed by atoms with Gasteiger partial charge in [0.25, 0.3) is 11.5 Å². The van der Waals surface area contributed by atoms with Crippen LogP contribution < -0.4 is 25.1 Å². The molecular formula is C18H18N4O2S2. The van der Waals surface area contributed by atoms with Crippen molar-refractivity contribution < 1.29 is 4.79 Å². The maximum atomic E-state index is 13.1. The number of nitrogens with one attached hydrogen (secondary N) is 1. The SMILES string of the molecule is CCN1/C(=c2\s/c(=C3/C(=O)NN=C3C)n(CC)c2=O)Sc2ccccc21. The summed E-state index contributed by atoms with van der Waals surface area (Å²) in [5.41, 5.74) is 4.66. The lowest BCUT2D eigenvalue weighted by Crippen LogP contribution is -2.35. The minimum absolute atomic E-state index is 0.0544. The number of fused-ring (bicyclic) bond motifs is 1. The molecule has 2 aromatic rings. The number of hydrogen-bond acceptors (Lipinski definition) is 6. The van der Waals surface area contributed by atoms with Crippen molar-refractivity contribution >= 4 is 51.0 Å². The third-order valence-corrected chi connectivity index (χ3v) is 6.95. The molecule has 0 atom stereocenters. The van der Waals surface area contributed by atoms with Crippen molar-refractivity contribution in [1.29, 1.82) is 0 Å². The van der Waals surface area contributed by atoms with E-state index in [4.69, 9.17) is 0 Å². The van der Waals surface area contributed by atoms with Crippen LogP contribution in [-0.2, 0) is 11.3 Å². The molecule has 2 aliphatic heterocycles. The summed E-state index contributed by atoms with van der Waals surface area (Å²) in [7, 11) is 0. The van der Waals surface area contributed by atoms with E-state index in [0.717, 1.165) is 22.2 Å². The number of thiazole rings is 1. The average molecular weight is 387 g/mol. The molecule has 4 rings (SSSR count). The van der Waals surface area contributed by atoms with Gasteiger partial charge >= 0.3 is 0 Å². The number of rotatable bonds is 2. The Morgan fingerprint density at radius 2 is 1.92 bits per heavy atom. The molecule has 0 unspecified atom stereocenters. The van der Waals surface area contributed by atoms with Crippen LogP contribution in [-0.4, -0.2) is 22.7 Å². The van der Waals surface area contributed by atoms with Gasteiger partial charge in [0, 0.05) is 18.0 Å². The van der Waals surface area contributed by atoms with Gasteiger partial charge < -0.3 is 4.90 Å². The summed E-state index contributed by atoms with van der Waals surface area (Å²) in [5.74, 6) is -0.253. The number of thioether (sulfide) groups is 1. The van der Waals surface area contributed by atoms with Gasteiger partial charge in [-0.2, -0.15) is 5.10 Å². The van der Waals surface area contributed by atoms with Gasteiger partial charge in [-0.1, -0.05) is 23.9 Å². The second kappa shape index (κ2) is 6.44. The van der Waals surface area contributed by atoms with Crippen molar-refractivity contribution in [3.63, 3.8) is 0 Å². The molecule has 26 heavy (non-hydrogen) atoms. The van der Waals surface area contributed by atoms with Crippen LogP contribution in [0, 0.1) is 0 Å². The molecule has 0 fully saturated rings. The fourth-order valence-electron chi connectivity index (χ4n) is 3.20. The molecule has 8 heteroatoms. The zero-order chi connectivity index (χ0) is 18.4. The van der Waals surface area contributed by atoms with E-state index in [1.807, 2.05) is 19.1 Å². The molecule has 134 valence electrons. The molecule has 1 N–H and O–H groups in total. The lowest BCUT2D eigenvalue weighted by Gasteiger charge is -2.16. The Morgan fingerprint density at radius 3 is 2.58 bits per heavy atom. The fraction of sp³-hybridized carbons (Fsp3) is 0.278. The Bertz CT molecular complexity index is 1130. The quantitative estimate of drug-likeness (QED) is 0.845. The molecule has 0 saturated heterocycles. The van der Waals surface area contributed by atoms with E-state index >= 15 is 0 Å². The van der Waals surface area contributed by atoms with Crippen LogP contribution in [0.5, 0.6) is 0 Å². The number of nitrogens with zero attached hydrogens (tertiary/aromatic N) is 3. The van der Waals surface area contributed by atoms with Crippen LogP contribution in [0.2, 0.25) is 0 Å². The molecule has 1 aromatic carbocycles. The molecule has 3 heterocycles. The monoisotopic (exact) mass is 386 g/mol. The van der Waals surface area contributed by atoms with Crippen molar-refractivity contribution in [3.8, 4) is 0 Å². The van der Waals surface area contributed by atoms with Crippen LogP contribution in [0.3, 0.4) is 0 Å². The third-order valence-electron chi connectivity index (χ3n) is 4.45. The fourth-order valence-corrected chi connectivity index (χ4v) is 5.86. The minimum Gasteiger partial charge on any atom is -0.334 e. The lowest BCUT2D eigenvalue weighted by atomic mass is 10.2. The molecule has 0 bridgehead atoms. The third kappa shape index (κ3) is 2.44. The molecule has 0 radical (unpaired) electrons. The van der Waals surface area contributed by atoms with Crippen molar-refractivity contribution in [2.45, 2.75) is 32.2 Å². The highest BCUT2D eigenvalue weighted by molar-refractivity contribution is 8.08. The van der Waals surface area contributed by atoms with E-state index < -0.39 is 0 Å². The molecular weight excluding hydrogens is 368 g/mol. The molecule has 0 aliphatic carbocycles. The lowest BCUT2D eigenvalue weighted by molar-refractivity contribution is -0.115. The number of carbonyl (C=O) groups is 1. The van der Waals surface area contributed by atoms with Gasteiger partial charge in [-0.25, -0.2) is 5.43 Å². The topological polar surface area (TPSA) is 66.7 Å². The normalized spacial score (nSPS) is 20.3. The number of anilines is 1. The van der Waals surface area contributed by atoms with E-state index in [9.17, 15) is 9.59 Å². The largest absolute Gasteiger partial charge is 0.334 e. The first-order valence-electron chi connectivity index (χ1n) is 8.44. The smallest absolute Gasteiger partial charge is 0.276 e. The number of benzene rings is 1. The molecule has 2 aliphatic rings. The van der Waals surface area contributed by atoms with Gasteiger partial charge in [-0.15, -0.1) is 11.3 Å². The number of amides is 1. The van der Waals surface area contributed by atoms with Gasteiger partial charge in [0.15, 0.2) is 0 Å². The Morgan fingerprint density at radius 1 is 1.15 bits per heavy atom. The number of aromatic nitrogens is 1. The summed E-state index contributed by atoms with van der Waals surface area (Å²) < 4.78 is 3.01. The highest BCUT2D eigenvalue weighted by atomic mass is 32.2. The molecule has 1 amide bonds. The summed E-state index contributed by atoms with van der Waals surface area (Å²) >= 11 is 2.99. The van der Waals surface area contributed by atoms with Crippen molar-refractivity contribution in [3.05, 3.63) is 43.8 Å². The predicted octanol–water partition coefficient (Wildman–Crippen LogP) is 1.28. The van der Waals surface area contributed by atoms with Crippen LogP contribution in [0.1, 0.15) is 20.8 Å². The standard InChI is InChI=1S/C18H18N4O2S2/c1-4-21-11-8-6-7-9-12(11)25-18(21)14-16(24)22(5-2)17(26-14)13-10(3)19-20-15(13)23/h6-9H,4-5H2,1-3H3,(H,20,23)/b17-13+,18-14+. The molecule has 6 nitrogen and oxygen atoms in total. The van der Waals surface area contributed by atoms with Crippen molar-refractivity contribution in [2.24, 2.45) is 5.10 Å². The Balaban J connectivity index is 2.06. The highest BCUT2D eigenvalue weighted by Gasteiger charge is 2.27. The van der Waals surface area contributed by atoms with E-state index in [0.29, 0.717) is 27.0 Å². The molecule has 0 saturated carbocycles. The van der Waals surface area contributed by atoms with Gasteiger partial charge in [0.05, 0.1) is 17.0 Å². The summed E-state index contributed by atoms with van der Waals surface area (Å²) in [4.78, 5) is 28.6. The van der Waals surface area contributed by atoms with Gasteiger partial charge in [0.1, 0.15) is 14.2 Å².